The number of aromatic nitrogens is 1. The fourth-order valence-electron chi connectivity index (χ4n) is 3.48. The van der Waals surface area contributed by atoms with Gasteiger partial charge >= 0.3 is 5.97 Å². The second kappa shape index (κ2) is 8.20. The highest BCUT2D eigenvalue weighted by Gasteiger charge is 2.30. The number of carboxylic acids is 1. The lowest BCUT2D eigenvalue weighted by atomic mass is 9.81. The number of benzene rings is 1. The van der Waals surface area contributed by atoms with E-state index in [1.807, 2.05) is 31.2 Å². The fraction of sp³-hybridized carbons (Fsp3) is 0.381. The lowest BCUT2D eigenvalue weighted by molar-refractivity contribution is -0.143. The van der Waals surface area contributed by atoms with Gasteiger partial charge in [0.1, 0.15) is 5.69 Å². The molecule has 27 heavy (non-hydrogen) atoms. The molecule has 142 valence electrons. The van der Waals surface area contributed by atoms with E-state index in [9.17, 15) is 14.4 Å². The number of aliphatic carboxylic acids is 1. The fourth-order valence-corrected chi connectivity index (χ4v) is 3.48. The first-order chi connectivity index (χ1) is 12.9. The SMILES string of the molecule is Cc1ccc(Cn2cccc(NC(=O)C3CCC(C(=O)O)CC3)c2=O)cc1. The molecule has 1 fully saturated rings. The predicted molar refractivity (Wildman–Crippen MR) is 103 cm³/mol. The Hall–Kier alpha value is -2.89. The van der Waals surface area contributed by atoms with Gasteiger partial charge < -0.3 is 15.0 Å². The summed E-state index contributed by atoms with van der Waals surface area (Å²) < 4.78 is 1.57. The van der Waals surface area contributed by atoms with Crippen molar-refractivity contribution in [3.05, 3.63) is 64.1 Å². The number of aryl methyl sites for hydroxylation is 1. The van der Waals surface area contributed by atoms with Crippen LogP contribution in [0.3, 0.4) is 0 Å². The summed E-state index contributed by atoms with van der Waals surface area (Å²) in [6, 6.07) is 11.3. The van der Waals surface area contributed by atoms with Crippen molar-refractivity contribution in [3.63, 3.8) is 0 Å². The number of hydrogen-bond donors (Lipinski definition) is 2. The Kier molecular flexibility index (Phi) is 5.74. The van der Waals surface area contributed by atoms with E-state index in [4.69, 9.17) is 5.11 Å². The molecule has 0 unspecified atom stereocenters. The highest BCUT2D eigenvalue weighted by atomic mass is 16.4. The molecule has 6 heteroatoms. The molecular weight excluding hydrogens is 344 g/mol. The van der Waals surface area contributed by atoms with Crippen LogP contribution in [0.5, 0.6) is 0 Å². The number of anilines is 1. The van der Waals surface area contributed by atoms with Gasteiger partial charge in [0.2, 0.25) is 5.91 Å². The second-order valence-electron chi connectivity index (χ2n) is 7.22. The summed E-state index contributed by atoms with van der Waals surface area (Å²) in [7, 11) is 0. The Balaban J connectivity index is 1.67. The quantitative estimate of drug-likeness (QED) is 0.849. The molecule has 0 bridgehead atoms. The second-order valence-corrected chi connectivity index (χ2v) is 7.22. The van der Waals surface area contributed by atoms with Crippen molar-refractivity contribution in [1.29, 1.82) is 0 Å². The highest BCUT2D eigenvalue weighted by Crippen LogP contribution is 2.29. The monoisotopic (exact) mass is 368 g/mol. The molecule has 0 spiro atoms. The van der Waals surface area contributed by atoms with Crippen LogP contribution in [-0.2, 0) is 16.1 Å². The van der Waals surface area contributed by atoms with E-state index in [2.05, 4.69) is 5.32 Å². The van der Waals surface area contributed by atoms with Crippen LogP contribution in [0.25, 0.3) is 0 Å². The van der Waals surface area contributed by atoms with Crippen molar-refractivity contribution in [2.45, 2.75) is 39.2 Å². The van der Waals surface area contributed by atoms with Gasteiger partial charge in [0, 0.05) is 12.1 Å². The van der Waals surface area contributed by atoms with Gasteiger partial charge in [-0.3, -0.25) is 14.4 Å². The molecule has 1 aliphatic rings. The van der Waals surface area contributed by atoms with Crippen LogP contribution in [0, 0.1) is 18.8 Å². The number of nitrogens with one attached hydrogen (secondary N) is 1. The van der Waals surface area contributed by atoms with Crippen LogP contribution < -0.4 is 10.9 Å². The highest BCUT2D eigenvalue weighted by molar-refractivity contribution is 5.92. The van der Waals surface area contributed by atoms with E-state index < -0.39 is 5.97 Å². The molecule has 1 aliphatic carbocycles. The van der Waals surface area contributed by atoms with Gasteiger partial charge in [0.15, 0.2) is 0 Å². The number of pyridine rings is 1. The van der Waals surface area contributed by atoms with E-state index in [0.717, 1.165) is 11.1 Å². The van der Waals surface area contributed by atoms with E-state index in [1.165, 1.54) is 0 Å². The first-order valence-electron chi connectivity index (χ1n) is 9.22. The molecule has 0 radical (unpaired) electrons. The number of carboxylic acid groups (broad SMARTS) is 1. The zero-order chi connectivity index (χ0) is 19.4. The molecule has 2 N–H and O–H groups in total. The van der Waals surface area contributed by atoms with Gasteiger partial charge in [0.25, 0.3) is 5.56 Å². The molecule has 1 amide bonds. The van der Waals surface area contributed by atoms with Gasteiger partial charge in [-0.1, -0.05) is 29.8 Å². The third-order valence-corrected chi connectivity index (χ3v) is 5.20. The predicted octanol–water partition coefficient (Wildman–Crippen LogP) is 3.03. The molecule has 6 nitrogen and oxygen atoms in total. The smallest absolute Gasteiger partial charge is 0.306 e. The topological polar surface area (TPSA) is 88.4 Å². The maximum atomic E-state index is 12.7. The Morgan fingerprint density at radius 1 is 1.07 bits per heavy atom. The van der Waals surface area contributed by atoms with E-state index in [1.54, 1.807) is 22.9 Å². The molecule has 0 saturated heterocycles. The zero-order valence-electron chi connectivity index (χ0n) is 15.4. The van der Waals surface area contributed by atoms with Crippen molar-refractivity contribution < 1.29 is 14.7 Å². The summed E-state index contributed by atoms with van der Waals surface area (Å²) in [6.07, 6.45) is 3.77. The lowest BCUT2D eigenvalue weighted by Crippen LogP contribution is -2.32. The van der Waals surface area contributed by atoms with Crippen LogP contribution in [0.2, 0.25) is 0 Å². The number of carbonyl (C=O) groups excluding carboxylic acids is 1. The van der Waals surface area contributed by atoms with E-state index >= 15 is 0 Å². The summed E-state index contributed by atoms with van der Waals surface area (Å²) in [5.41, 5.74) is 2.18. The van der Waals surface area contributed by atoms with Gasteiger partial charge in [0.05, 0.1) is 12.5 Å². The minimum atomic E-state index is -0.795. The van der Waals surface area contributed by atoms with Crippen molar-refractivity contribution in [2.75, 3.05) is 5.32 Å². The Morgan fingerprint density at radius 3 is 2.33 bits per heavy atom. The Bertz CT molecular complexity index is 878. The van der Waals surface area contributed by atoms with Crippen molar-refractivity contribution in [3.8, 4) is 0 Å². The van der Waals surface area contributed by atoms with Crippen LogP contribution in [0.4, 0.5) is 5.69 Å². The number of hydrogen-bond acceptors (Lipinski definition) is 3. The third-order valence-electron chi connectivity index (χ3n) is 5.20. The van der Waals surface area contributed by atoms with Crippen LogP contribution in [-0.4, -0.2) is 21.6 Å². The number of carbonyl (C=O) groups is 2. The van der Waals surface area contributed by atoms with E-state index in [-0.39, 0.29) is 29.0 Å². The molecule has 0 atom stereocenters. The van der Waals surface area contributed by atoms with Crippen LogP contribution >= 0.6 is 0 Å². The lowest BCUT2D eigenvalue weighted by Gasteiger charge is -2.25. The van der Waals surface area contributed by atoms with Crippen molar-refractivity contribution >= 4 is 17.6 Å². The maximum Gasteiger partial charge on any atom is 0.306 e. The maximum absolute atomic E-state index is 12.7. The number of rotatable bonds is 5. The first-order valence-corrected chi connectivity index (χ1v) is 9.22. The van der Waals surface area contributed by atoms with Gasteiger partial charge in [-0.05, 0) is 50.3 Å². The molecule has 1 saturated carbocycles. The standard InChI is InChI=1S/C21H24N2O4/c1-14-4-6-15(7-5-14)13-23-12-2-3-18(20(23)25)22-19(24)16-8-10-17(11-9-16)21(26)27/h2-7,12,16-17H,8-11,13H2,1H3,(H,22,24)(H,26,27). The molecule has 3 rings (SSSR count). The van der Waals surface area contributed by atoms with Crippen LogP contribution in [0.1, 0.15) is 36.8 Å². The minimum Gasteiger partial charge on any atom is -0.481 e. The average molecular weight is 368 g/mol. The van der Waals surface area contributed by atoms with Gasteiger partial charge in [-0.15, -0.1) is 0 Å². The molecule has 1 heterocycles. The van der Waals surface area contributed by atoms with Gasteiger partial charge in [-0.2, -0.15) is 0 Å². The molecule has 1 aromatic carbocycles. The van der Waals surface area contributed by atoms with Gasteiger partial charge in [-0.25, -0.2) is 0 Å². The third kappa shape index (κ3) is 4.64. The summed E-state index contributed by atoms with van der Waals surface area (Å²) in [6.45, 7) is 2.45. The summed E-state index contributed by atoms with van der Waals surface area (Å²) in [4.78, 5) is 36.2. The largest absolute Gasteiger partial charge is 0.481 e. The Morgan fingerprint density at radius 2 is 1.70 bits per heavy atom. The zero-order valence-corrected chi connectivity index (χ0v) is 15.4. The summed E-state index contributed by atoms with van der Waals surface area (Å²) in [5.74, 6) is -1.61. The summed E-state index contributed by atoms with van der Waals surface area (Å²) >= 11 is 0. The molecule has 2 aromatic rings. The number of nitrogens with zero attached hydrogens (tertiary/aromatic N) is 1. The Labute approximate surface area is 157 Å². The molecular formula is C21H24N2O4. The number of amides is 1. The summed E-state index contributed by atoms with van der Waals surface area (Å²) in [5, 5.41) is 11.8. The van der Waals surface area contributed by atoms with Crippen molar-refractivity contribution in [1.82, 2.24) is 4.57 Å². The molecule has 1 aromatic heterocycles. The van der Waals surface area contributed by atoms with Crippen molar-refractivity contribution in [2.24, 2.45) is 11.8 Å². The molecule has 0 aliphatic heterocycles. The minimum absolute atomic E-state index is 0.205. The first kappa shape index (κ1) is 18.9. The normalized spacial score (nSPS) is 19.4. The van der Waals surface area contributed by atoms with E-state index in [0.29, 0.717) is 32.2 Å². The van der Waals surface area contributed by atoms with Crippen LogP contribution in [0.15, 0.2) is 47.4 Å². The average Bonchev–Trinajstić information content (AvgIpc) is 2.66.